The Morgan fingerprint density at radius 1 is 1.17 bits per heavy atom. The Kier molecular flexibility index (Phi) is 5.13. The summed E-state index contributed by atoms with van der Waals surface area (Å²) in [5, 5.41) is 3.99. The summed E-state index contributed by atoms with van der Waals surface area (Å²) in [6.07, 6.45) is 4.61. The number of hydrogen-bond acceptors (Lipinski definition) is 5. The van der Waals surface area contributed by atoms with E-state index in [0.717, 1.165) is 0 Å². The third-order valence-corrected chi connectivity index (χ3v) is 5.60. The number of likely N-dealkylation sites (tertiary alicyclic amines) is 1. The minimum Gasteiger partial charge on any atom is -0.379 e. The number of carbonyl (C=O) groups is 2. The minimum absolute atomic E-state index is 0.0682. The number of ketones is 1. The molecule has 0 N–H and O–H groups in total. The van der Waals surface area contributed by atoms with Crippen molar-refractivity contribution in [1.29, 1.82) is 0 Å². The molecule has 0 bridgehead atoms. The second-order valence-corrected chi connectivity index (χ2v) is 7.69. The maximum absolute atomic E-state index is 14.0. The fraction of sp³-hybridized carbons (Fsp3) is 0.364. The molecule has 29 heavy (non-hydrogen) atoms. The molecule has 4 rings (SSSR count). The van der Waals surface area contributed by atoms with Crippen molar-refractivity contribution < 1.29 is 18.8 Å². The van der Waals surface area contributed by atoms with Gasteiger partial charge in [0.25, 0.3) is 5.91 Å². The number of carbonyl (C=O) groups excluding carboxylic acids is 2. The molecule has 0 saturated carbocycles. The largest absolute Gasteiger partial charge is 0.379 e. The van der Waals surface area contributed by atoms with Crippen molar-refractivity contribution in [3.05, 3.63) is 65.7 Å². The van der Waals surface area contributed by atoms with Crippen LogP contribution in [0, 0.1) is 11.7 Å². The maximum Gasteiger partial charge on any atom is 0.269 e. The number of rotatable bonds is 4. The number of aromatic nitrogens is 1. The first-order valence-electron chi connectivity index (χ1n) is 9.71. The maximum atomic E-state index is 14.0. The van der Waals surface area contributed by atoms with Gasteiger partial charge in [0, 0.05) is 48.9 Å². The predicted molar refractivity (Wildman–Crippen MR) is 105 cm³/mol. The number of amides is 1. The van der Waals surface area contributed by atoms with Crippen LogP contribution in [0.25, 0.3) is 0 Å². The van der Waals surface area contributed by atoms with Crippen LogP contribution in [0.5, 0.6) is 0 Å². The van der Waals surface area contributed by atoms with Gasteiger partial charge in [0.05, 0.1) is 5.71 Å². The highest BCUT2D eigenvalue weighted by Crippen LogP contribution is 2.31. The topological polar surface area (TPSA) is 71.9 Å². The molecular weight excluding hydrogens is 373 g/mol. The SMILES string of the molecule is C[C@]1(C(=O)N2CCC(C(=O)c3cccnc3)CC2)CC(c2ccccc2F)=NO1. The van der Waals surface area contributed by atoms with Crippen molar-refractivity contribution in [2.75, 3.05) is 13.1 Å². The first-order valence-corrected chi connectivity index (χ1v) is 9.71. The smallest absolute Gasteiger partial charge is 0.269 e. The monoisotopic (exact) mass is 395 g/mol. The van der Waals surface area contributed by atoms with Gasteiger partial charge in [0.2, 0.25) is 5.60 Å². The molecule has 6 nitrogen and oxygen atoms in total. The van der Waals surface area contributed by atoms with Gasteiger partial charge in [-0.3, -0.25) is 14.6 Å². The molecule has 1 aromatic heterocycles. The summed E-state index contributed by atoms with van der Waals surface area (Å²) in [5.41, 5.74) is 0.231. The summed E-state index contributed by atoms with van der Waals surface area (Å²) >= 11 is 0. The Hall–Kier alpha value is -3.09. The highest BCUT2D eigenvalue weighted by atomic mass is 19.1. The Labute approximate surface area is 168 Å². The van der Waals surface area contributed by atoms with E-state index in [9.17, 15) is 14.0 Å². The zero-order valence-corrected chi connectivity index (χ0v) is 16.2. The Bertz CT molecular complexity index is 955. The van der Waals surface area contributed by atoms with E-state index < -0.39 is 5.60 Å². The number of pyridine rings is 1. The van der Waals surface area contributed by atoms with Crippen molar-refractivity contribution in [1.82, 2.24) is 9.88 Å². The lowest BCUT2D eigenvalue weighted by molar-refractivity contribution is -0.154. The summed E-state index contributed by atoms with van der Waals surface area (Å²) in [4.78, 5) is 36.9. The molecule has 1 aromatic carbocycles. The van der Waals surface area contributed by atoms with Gasteiger partial charge < -0.3 is 9.74 Å². The molecule has 0 aliphatic carbocycles. The van der Waals surface area contributed by atoms with Crippen LogP contribution in [-0.2, 0) is 9.63 Å². The summed E-state index contributed by atoms with van der Waals surface area (Å²) in [6, 6.07) is 9.83. The molecule has 2 aromatic rings. The number of Topliss-reactive ketones (excluding diaryl/α,β-unsaturated/α-hetero) is 1. The Morgan fingerprint density at radius 3 is 2.62 bits per heavy atom. The Balaban J connectivity index is 1.38. The van der Waals surface area contributed by atoms with Crippen LogP contribution >= 0.6 is 0 Å². The molecule has 150 valence electrons. The van der Waals surface area contributed by atoms with Crippen molar-refractivity contribution in [2.24, 2.45) is 11.1 Å². The van der Waals surface area contributed by atoms with E-state index in [1.165, 1.54) is 6.07 Å². The zero-order chi connectivity index (χ0) is 20.4. The normalized spacial score (nSPS) is 22.1. The van der Waals surface area contributed by atoms with Crippen LogP contribution in [0.4, 0.5) is 4.39 Å². The fourth-order valence-corrected chi connectivity index (χ4v) is 3.92. The molecular formula is C22H22FN3O3. The minimum atomic E-state index is -1.15. The van der Waals surface area contributed by atoms with Crippen LogP contribution < -0.4 is 0 Å². The van der Waals surface area contributed by atoms with E-state index in [0.29, 0.717) is 42.8 Å². The number of nitrogens with zero attached hydrogens (tertiary/aromatic N) is 3. The van der Waals surface area contributed by atoms with Gasteiger partial charge in [-0.05, 0) is 38.0 Å². The molecule has 0 radical (unpaired) electrons. The average molecular weight is 395 g/mol. The standard InChI is InChI=1S/C22H22FN3O3/c1-22(13-19(25-29-22)17-6-2-3-7-18(17)23)21(28)26-11-8-15(9-12-26)20(27)16-5-4-10-24-14-16/h2-7,10,14-15H,8-9,11-13H2,1H3/t22-/m1/s1. The van der Waals surface area contributed by atoms with E-state index in [4.69, 9.17) is 4.84 Å². The lowest BCUT2D eigenvalue weighted by Gasteiger charge is -2.35. The average Bonchev–Trinajstić information content (AvgIpc) is 3.17. The van der Waals surface area contributed by atoms with Gasteiger partial charge in [-0.15, -0.1) is 0 Å². The summed E-state index contributed by atoms with van der Waals surface area (Å²) in [6.45, 7) is 2.63. The van der Waals surface area contributed by atoms with Crippen LogP contribution in [0.15, 0.2) is 53.9 Å². The number of halogens is 1. The zero-order valence-electron chi connectivity index (χ0n) is 16.2. The van der Waals surface area contributed by atoms with E-state index in [2.05, 4.69) is 10.1 Å². The van der Waals surface area contributed by atoms with Crippen LogP contribution in [0.2, 0.25) is 0 Å². The molecule has 3 heterocycles. The highest BCUT2D eigenvalue weighted by Gasteiger charge is 2.46. The highest BCUT2D eigenvalue weighted by molar-refractivity contribution is 6.05. The number of hydrogen-bond donors (Lipinski definition) is 0. The lowest BCUT2D eigenvalue weighted by Crippen LogP contribution is -2.50. The van der Waals surface area contributed by atoms with Gasteiger partial charge in [-0.1, -0.05) is 23.4 Å². The predicted octanol–water partition coefficient (Wildman–Crippen LogP) is 3.23. The van der Waals surface area contributed by atoms with E-state index >= 15 is 0 Å². The van der Waals surface area contributed by atoms with E-state index in [1.807, 2.05) is 0 Å². The fourth-order valence-electron chi connectivity index (χ4n) is 3.92. The Morgan fingerprint density at radius 2 is 1.93 bits per heavy atom. The first kappa shape index (κ1) is 19.2. The van der Waals surface area contributed by atoms with Crippen molar-refractivity contribution in [3.63, 3.8) is 0 Å². The van der Waals surface area contributed by atoms with Gasteiger partial charge in [-0.2, -0.15) is 0 Å². The van der Waals surface area contributed by atoms with E-state index in [1.54, 1.807) is 54.5 Å². The number of piperidine rings is 1. The molecule has 2 aliphatic heterocycles. The number of benzene rings is 1. The van der Waals surface area contributed by atoms with Crippen LogP contribution in [0.3, 0.4) is 0 Å². The lowest BCUT2D eigenvalue weighted by atomic mass is 9.88. The van der Waals surface area contributed by atoms with E-state index in [-0.39, 0.29) is 29.8 Å². The molecule has 7 heteroatoms. The number of oxime groups is 1. The summed E-state index contributed by atoms with van der Waals surface area (Å²) < 4.78 is 14.0. The third-order valence-electron chi connectivity index (χ3n) is 5.60. The van der Waals surface area contributed by atoms with Crippen molar-refractivity contribution >= 4 is 17.4 Å². The molecule has 1 atom stereocenters. The molecule has 0 unspecified atom stereocenters. The molecule has 1 amide bonds. The quantitative estimate of drug-likeness (QED) is 0.745. The second-order valence-electron chi connectivity index (χ2n) is 7.69. The molecule has 1 saturated heterocycles. The molecule has 2 aliphatic rings. The van der Waals surface area contributed by atoms with Gasteiger partial charge in [0.15, 0.2) is 5.78 Å². The second kappa shape index (κ2) is 7.73. The van der Waals surface area contributed by atoms with Crippen LogP contribution in [-0.4, -0.2) is 46.0 Å². The summed E-state index contributed by atoms with van der Waals surface area (Å²) in [7, 11) is 0. The van der Waals surface area contributed by atoms with Gasteiger partial charge >= 0.3 is 0 Å². The van der Waals surface area contributed by atoms with Crippen molar-refractivity contribution in [2.45, 2.75) is 31.8 Å². The van der Waals surface area contributed by atoms with Crippen LogP contribution in [0.1, 0.15) is 42.1 Å². The third kappa shape index (κ3) is 3.77. The summed E-state index contributed by atoms with van der Waals surface area (Å²) in [5.74, 6) is -0.620. The van der Waals surface area contributed by atoms with Gasteiger partial charge in [0.1, 0.15) is 5.82 Å². The van der Waals surface area contributed by atoms with Gasteiger partial charge in [-0.25, -0.2) is 4.39 Å². The molecule has 1 fully saturated rings. The van der Waals surface area contributed by atoms with Crippen molar-refractivity contribution in [3.8, 4) is 0 Å². The molecule has 0 spiro atoms. The first-order chi connectivity index (χ1) is 14.0.